The van der Waals surface area contributed by atoms with Gasteiger partial charge in [0.15, 0.2) is 0 Å². The van der Waals surface area contributed by atoms with E-state index in [2.05, 4.69) is 10.3 Å². The van der Waals surface area contributed by atoms with Crippen molar-refractivity contribution in [1.82, 2.24) is 15.2 Å². The number of aromatic nitrogens is 1. The molecular weight excluding hydrogens is 377 g/mol. The maximum Gasteiger partial charge on any atom is 0.228 e. The Bertz CT molecular complexity index is 823. The largest absolute Gasteiger partial charge is 0.352 e. The lowest BCUT2D eigenvalue weighted by molar-refractivity contribution is -0.132. The standard InChI is InChI=1S/C21H26FN3O2S/c1-15-24-18(14-28-15)11-21(27)25-10-4-5-16(13-25)8-9-20(26)23-12-17-6-2-3-7-19(17)22/h2-3,6-7,14,16H,4-5,8-13H2,1H3,(H,23,26)/t16-/m1/s1. The van der Waals surface area contributed by atoms with Crippen molar-refractivity contribution in [3.8, 4) is 0 Å². The highest BCUT2D eigenvalue weighted by Crippen LogP contribution is 2.22. The van der Waals surface area contributed by atoms with E-state index in [1.165, 1.54) is 6.07 Å². The van der Waals surface area contributed by atoms with Gasteiger partial charge in [0.25, 0.3) is 0 Å². The second-order valence-corrected chi connectivity index (χ2v) is 8.35. The number of carbonyl (C=O) groups excluding carboxylic acids is 2. The van der Waals surface area contributed by atoms with E-state index in [1.54, 1.807) is 29.5 Å². The fraction of sp³-hybridized carbons (Fsp3) is 0.476. The zero-order chi connectivity index (χ0) is 19.9. The van der Waals surface area contributed by atoms with E-state index in [0.29, 0.717) is 30.9 Å². The molecule has 1 atom stereocenters. The molecule has 0 saturated carbocycles. The van der Waals surface area contributed by atoms with E-state index in [0.717, 1.165) is 36.5 Å². The molecule has 2 heterocycles. The Balaban J connectivity index is 1.41. The molecule has 7 heteroatoms. The molecule has 1 saturated heterocycles. The monoisotopic (exact) mass is 403 g/mol. The first-order chi connectivity index (χ1) is 13.5. The molecule has 1 aromatic carbocycles. The van der Waals surface area contributed by atoms with Crippen LogP contribution in [0.15, 0.2) is 29.6 Å². The second-order valence-electron chi connectivity index (χ2n) is 7.29. The molecule has 0 unspecified atom stereocenters. The van der Waals surface area contributed by atoms with Crippen molar-refractivity contribution >= 4 is 23.2 Å². The first kappa shape index (κ1) is 20.5. The summed E-state index contributed by atoms with van der Waals surface area (Å²) in [5, 5.41) is 5.69. The van der Waals surface area contributed by atoms with Gasteiger partial charge in [-0.3, -0.25) is 9.59 Å². The van der Waals surface area contributed by atoms with Crippen LogP contribution in [-0.4, -0.2) is 34.8 Å². The summed E-state index contributed by atoms with van der Waals surface area (Å²) in [4.78, 5) is 30.9. The van der Waals surface area contributed by atoms with Crippen LogP contribution in [0.25, 0.3) is 0 Å². The number of amides is 2. The highest BCUT2D eigenvalue weighted by Gasteiger charge is 2.24. The Kier molecular flexibility index (Phi) is 7.14. The molecule has 3 rings (SSSR count). The van der Waals surface area contributed by atoms with E-state index in [4.69, 9.17) is 0 Å². The highest BCUT2D eigenvalue weighted by molar-refractivity contribution is 7.09. The minimum atomic E-state index is -0.306. The molecule has 0 aliphatic carbocycles. The highest BCUT2D eigenvalue weighted by atomic mass is 32.1. The summed E-state index contributed by atoms with van der Waals surface area (Å²) in [7, 11) is 0. The number of nitrogens with one attached hydrogen (secondary N) is 1. The van der Waals surface area contributed by atoms with Crippen LogP contribution in [0, 0.1) is 18.7 Å². The number of thiazole rings is 1. The maximum absolute atomic E-state index is 13.6. The number of hydrogen-bond donors (Lipinski definition) is 1. The van der Waals surface area contributed by atoms with Crippen LogP contribution >= 0.6 is 11.3 Å². The molecule has 1 N–H and O–H groups in total. The van der Waals surface area contributed by atoms with Gasteiger partial charge in [-0.15, -0.1) is 11.3 Å². The van der Waals surface area contributed by atoms with Crippen molar-refractivity contribution in [2.75, 3.05) is 13.1 Å². The van der Waals surface area contributed by atoms with Crippen molar-refractivity contribution in [2.45, 2.75) is 45.6 Å². The summed E-state index contributed by atoms with van der Waals surface area (Å²) < 4.78 is 13.6. The van der Waals surface area contributed by atoms with Gasteiger partial charge in [-0.2, -0.15) is 0 Å². The first-order valence-electron chi connectivity index (χ1n) is 9.70. The molecule has 0 bridgehead atoms. The van der Waals surface area contributed by atoms with Gasteiger partial charge in [-0.05, 0) is 38.2 Å². The van der Waals surface area contributed by atoms with Crippen LogP contribution in [0.4, 0.5) is 4.39 Å². The summed E-state index contributed by atoms with van der Waals surface area (Å²) in [6.45, 7) is 3.61. The Hall–Kier alpha value is -2.28. The number of aryl methyl sites for hydroxylation is 1. The molecule has 0 radical (unpaired) electrons. The Labute approximate surface area is 169 Å². The van der Waals surface area contributed by atoms with Crippen LogP contribution in [0.1, 0.15) is 41.9 Å². The lowest BCUT2D eigenvalue weighted by atomic mass is 9.93. The average Bonchev–Trinajstić information content (AvgIpc) is 3.10. The van der Waals surface area contributed by atoms with Crippen molar-refractivity contribution in [2.24, 2.45) is 5.92 Å². The van der Waals surface area contributed by atoms with Crippen molar-refractivity contribution in [1.29, 1.82) is 0 Å². The van der Waals surface area contributed by atoms with Gasteiger partial charge in [-0.25, -0.2) is 9.37 Å². The number of rotatable bonds is 7. The number of halogens is 1. The van der Waals surface area contributed by atoms with Gasteiger partial charge in [0.05, 0.1) is 17.1 Å². The molecular formula is C21H26FN3O2S. The predicted octanol–water partition coefficient (Wildman–Crippen LogP) is 3.47. The molecule has 28 heavy (non-hydrogen) atoms. The summed E-state index contributed by atoms with van der Waals surface area (Å²) in [5.41, 5.74) is 1.32. The normalized spacial score (nSPS) is 16.8. The third kappa shape index (κ3) is 5.86. The topological polar surface area (TPSA) is 62.3 Å². The molecule has 1 aromatic heterocycles. The van der Waals surface area contributed by atoms with E-state index < -0.39 is 0 Å². The number of carbonyl (C=O) groups is 2. The zero-order valence-corrected chi connectivity index (χ0v) is 16.9. The number of hydrogen-bond acceptors (Lipinski definition) is 4. The van der Waals surface area contributed by atoms with E-state index >= 15 is 0 Å². The van der Waals surface area contributed by atoms with Gasteiger partial charge >= 0.3 is 0 Å². The molecule has 5 nitrogen and oxygen atoms in total. The van der Waals surface area contributed by atoms with Crippen LogP contribution < -0.4 is 5.32 Å². The van der Waals surface area contributed by atoms with E-state index in [9.17, 15) is 14.0 Å². The number of benzene rings is 1. The fourth-order valence-electron chi connectivity index (χ4n) is 3.54. The van der Waals surface area contributed by atoms with Gasteiger partial charge in [0.2, 0.25) is 11.8 Å². The number of likely N-dealkylation sites (tertiary alicyclic amines) is 1. The fourth-order valence-corrected chi connectivity index (χ4v) is 4.16. The summed E-state index contributed by atoms with van der Waals surface area (Å²) in [6, 6.07) is 6.45. The van der Waals surface area contributed by atoms with Crippen LogP contribution in [0.5, 0.6) is 0 Å². The van der Waals surface area contributed by atoms with Crippen molar-refractivity contribution < 1.29 is 14.0 Å². The minimum Gasteiger partial charge on any atom is -0.352 e. The molecule has 2 amide bonds. The molecule has 1 aliphatic heterocycles. The Morgan fingerprint density at radius 2 is 2.18 bits per heavy atom. The Morgan fingerprint density at radius 3 is 2.93 bits per heavy atom. The molecule has 2 aromatic rings. The van der Waals surface area contributed by atoms with E-state index in [1.807, 2.05) is 17.2 Å². The van der Waals surface area contributed by atoms with Crippen LogP contribution in [0.3, 0.4) is 0 Å². The maximum atomic E-state index is 13.6. The third-order valence-corrected chi connectivity index (χ3v) is 5.91. The van der Waals surface area contributed by atoms with Crippen molar-refractivity contribution in [3.05, 3.63) is 51.7 Å². The predicted molar refractivity (Wildman–Crippen MR) is 107 cm³/mol. The van der Waals surface area contributed by atoms with E-state index in [-0.39, 0.29) is 24.2 Å². The zero-order valence-electron chi connectivity index (χ0n) is 16.1. The SMILES string of the molecule is Cc1nc(CC(=O)N2CCC[C@H](CCC(=O)NCc3ccccc3F)C2)cs1. The van der Waals surface area contributed by atoms with Crippen LogP contribution in [0.2, 0.25) is 0 Å². The number of piperidine rings is 1. The second kappa shape index (κ2) is 9.78. The first-order valence-corrected chi connectivity index (χ1v) is 10.6. The molecule has 150 valence electrons. The smallest absolute Gasteiger partial charge is 0.228 e. The summed E-state index contributed by atoms with van der Waals surface area (Å²) in [5.74, 6) is 0.0530. The minimum absolute atomic E-state index is 0.0790. The lowest BCUT2D eigenvalue weighted by Crippen LogP contribution is -2.41. The molecule has 1 fully saturated rings. The van der Waals surface area contributed by atoms with Gasteiger partial charge in [0, 0.05) is 37.0 Å². The molecule has 0 spiro atoms. The van der Waals surface area contributed by atoms with Crippen LogP contribution in [-0.2, 0) is 22.6 Å². The number of nitrogens with zero attached hydrogens (tertiary/aromatic N) is 2. The average molecular weight is 404 g/mol. The van der Waals surface area contributed by atoms with Gasteiger partial charge in [0.1, 0.15) is 5.82 Å². The van der Waals surface area contributed by atoms with Gasteiger partial charge < -0.3 is 10.2 Å². The van der Waals surface area contributed by atoms with Crippen molar-refractivity contribution in [3.63, 3.8) is 0 Å². The molecule has 1 aliphatic rings. The third-order valence-electron chi connectivity index (χ3n) is 5.08. The Morgan fingerprint density at radius 1 is 1.36 bits per heavy atom. The lowest BCUT2D eigenvalue weighted by Gasteiger charge is -2.32. The summed E-state index contributed by atoms with van der Waals surface area (Å²) in [6.07, 6.45) is 3.47. The quantitative estimate of drug-likeness (QED) is 0.770. The van der Waals surface area contributed by atoms with Gasteiger partial charge in [-0.1, -0.05) is 18.2 Å². The summed E-state index contributed by atoms with van der Waals surface area (Å²) >= 11 is 1.56.